The van der Waals surface area contributed by atoms with Crippen molar-refractivity contribution in [2.45, 2.75) is 39.0 Å². The fourth-order valence-corrected chi connectivity index (χ4v) is 5.57. The molecule has 5 aliphatic rings. The van der Waals surface area contributed by atoms with Crippen LogP contribution in [0.15, 0.2) is 0 Å². The molecule has 0 N–H and O–H groups in total. The maximum atomic E-state index is 2.57. The van der Waals surface area contributed by atoms with Gasteiger partial charge in [-0.1, -0.05) is 13.3 Å². The predicted molar refractivity (Wildman–Crippen MR) is 44.1 cm³/mol. The standard InChI is InChI=1S/C11H16/c1-10-6-11(10)7-3-2-4-8(11)9(10)5-7/h7-9H,2-6H2,1H3. The first-order chi connectivity index (χ1) is 5.29. The topological polar surface area (TPSA) is 0 Å². The molecule has 4 bridgehead atoms. The third kappa shape index (κ3) is 0.316. The van der Waals surface area contributed by atoms with E-state index in [-0.39, 0.29) is 0 Å². The summed E-state index contributed by atoms with van der Waals surface area (Å²) >= 11 is 0. The highest BCUT2D eigenvalue weighted by atomic mass is 14.9. The molecule has 5 rings (SSSR count). The summed E-state index contributed by atoms with van der Waals surface area (Å²) in [6.07, 6.45) is 7.99. The molecule has 0 heteroatoms. The Morgan fingerprint density at radius 2 is 2.09 bits per heavy atom. The Labute approximate surface area is 68.4 Å². The first-order valence-electron chi connectivity index (χ1n) is 5.29. The summed E-state index contributed by atoms with van der Waals surface area (Å²) in [6, 6.07) is 0. The second kappa shape index (κ2) is 1.20. The first-order valence-corrected chi connectivity index (χ1v) is 5.29. The molecule has 0 aromatic rings. The molecule has 0 aromatic heterocycles. The van der Waals surface area contributed by atoms with Gasteiger partial charge in [0.1, 0.15) is 0 Å². The Kier molecular flexibility index (Phi) is 0.611. The average Bonchev–Trinajstić information content (AvgIpc) is 2.35. The zero-order valence-electron chi connectivity index (χ0n) is 7.27. The van der Waals surface area contributed by atoms with Crippen LogP contribution in [-0.4, -0.2) is 0 Å². The SMILES string of the molecule is CC12CC13C1CCCC3C2C1. The lowest BCUT2D eigenvalue weighted by Crippen LogP contribution is -2.40. The summed E-state index contributed by atoms with van der Waals surface area (Å²) in [5.74, 6) is 3.59. The number of rotatable bonds is 0. The normalized spacial score (nSPS) is 75.5. The van der Waals surface area contributed by atoms with Gasteiger partial charge in [0.25, 0.3) is 0 Å². The molecule has 5 fully saturated rings. The van der Waals surface area contributed by atoms with E-state index in [1.807, 2.05) is 0 Å². The van der Waals surface area contributed by atoms with Gasteiger partial charge < -0.3 is 0 Å². The summed E-state index contributed by atoms with van der Waals surface area (Å²) in [5, 5.41) is 0. The molecule has 5 saturated carbocycles. The minimum Gasteiger partial charge on any atom is -0.0588 e. The first kappa shape index (κ1) is 5.61. The molecule has 0 aromatic carbocycles. The zero-order valence-corrected chi connectivity index (χ0v) is 7.27. The Morgan fingerprint density at radius 1 is 1.18 bits per heavy atom. The molecule has 0 aliphatic heterocycles. The van der Waals surface area contributed by atoms with Crippen LogP contribution in [-0.2, 0) is 0 Å². The maximum absolute atomic E-state index is 2.57. The second-order valence-electron chi connectivity index (χ2n) is 5.71. The molecule has 0 heterocycles. The monoisotopic (exact) mass is 148 g/mol. The van der Waals surface area contributed by atoms with Crippen LogP contribution in [0.2, 0.25) is 0 Å². The van der Waals surface area contributed by atoms with Crippen molar-refractivity contribution < 1.29 is 0 Å². The van der Waals surface area contributed by atoms with Gasteiger partial charge >= 0.3 is 0 Å². The molecule has 0 saturated heterocycles. The molecule has 60 valence electrons. The van der Waals surface area contributed by atoms with E-state index in [4.69, 9.17) is 0 Å². The van der Waals surface area contributed by atoms with Crippen molar-refractivity contribution in [3.8, 4) is 0 Å². The number of hydrogen-bond donors (Lipinski definition) is 0. The van der Waals surface area contributed by atoms with E-state index < -0.39 is 0 Å². The predicted octanol–water partition coefficient (Wildman–Crippen LogP) is 2.83. The third-order valence-electron chi connectivity index (χ3n) is 5.90. The molecule has 0 amide bonds. The molecule has 0 nitrogen and oxygen atoms in total. The highest BCUT2D eigenvalue weighted by Crippen LogP contribution is 2.94. The van der Waals surface area contributed by atoms with Crippen molar-refractivity contribution in [1.82, 2.24) is 0 Å². The van der Waals surface area contributed by atoms with Gasteiger partial charge in [-0.25, -0.2) is 0 Å². The van der Waals surface area contributed by atoms with E-state index in [0.29, 0.717) is 0 Å². The fourth-order valence-electron chi connectivity index (χ4n) is 5.57. The smallest absolute Gasteiger partial charge is 0.0176 e. The lowest BCUT2D eigenvalue weighted by atomic mass is 9.59. The van der Waals surface area contributed by atoms with Gasteiger partial charge in [0, 0.05) is 0 Å². The Hall–Kier alpha value is 0. The fraction of sp³-hybridized carbons (Fsp3) is 1.00. The molecule has 1 spiro atoms. The minimum absolute atomic E-state index is 0.892. The van der Waals surface area contributed by atoms with E-state index in [2.05, 4.69) is 6.92 Å². The summed E-state index contributed by atoms with van der Waals surface area (Å²) in [5.41, 5.74) is 1.85. The Morgan fingerprint density at radius 3 is 2.73 bits per heavy atom. The van der Waals surface area contributed by atoms with E-state index in [1.54, 1.807) is 32.1 Å². The van der Waals surface area contributed by atoms with Gasteiger partial charge in [0.05, 0.1) is 0 Å². The van der Waals surface area contributed by atoms with Gasteiger partial charge in [-0.3, -0.25) is 0 Å². The van der Waals surface area contributed by atoms with Gasteiger partial charge in [0.15, 0.2) is 0 Å². The van der Waals surface area contributed by atoms with E-state index in [1.165, 1.54) is 17.8 Å². The highest BCUT2D eigenvalue weighted by molar-refractivity contribution is 5.35. The third-order valence-corrected chi connectivity index (χ3v) is 5.90. The van der Waals surface area contributed by atoms with Crippen molar-refractivity contribution in [1.29, 1.82) is 0 Å². The van der Waals surface area contributed by atoms with Crippen LogP contribution in [0, 0.1) is 28.6 Å². The largest absolute Gasteiger partial charge is 0.0588 e. The maximum Gasteiger partial charge on any atom is -0.0176 e. The van der Waals surface area contributed by atoms with Crippen molar-refractivity contribution in [3.63, 3.8) is 0 Å². The van der Waals surface area contributed by atoms with Crippen LogP contribution < -0.4 is 0 Å². The van der Waals surface area contributed by atoms with Crippen LogP contribution in [0.3, 0.4) is 0 Å². The van der Waals surface area contributed by atoms with Crippen molar-refractivity contribution in [3.05, 3.63) is 0 Å². The van der Waals surface area contributed by atoms with Crippen molar-refractivity contribution in [2.24, 2.45) is 28.6 Å². The van der Waals surface area contributed by atoms with Crippen LogP contribution in [0.5, 0.6) is 0 Å². The molecule has 0 radical (unpaired) electrons. The van der Waals surface area contributed by atoms with Gasteiger partial charge in [-0.15, -0.1) is 0 Å². The molecular formula is C11H16. The summed E-state index contributed by atoms with van der Waals surface area (Å²) < 4.78 is 0. The van der Waals surface area contributed by atoms with E-state index >= 15 is 0 Å². The Balaban J connectivity index is 1.90. The number of hydrogen-bond acceptors (Lipinski definition) is 0. The molecular weight excluding hydrogens is 132 g/mol. The zero-order chi connectivity index (χ0) is 7.27. The van der Waals surface area contributed by atoms with Crippen molar-refractivity contribution >= 4 is 0 Å². The van der Waals surface area contributed by atoms with Gasteiger partial charge in [-0.2, -0.15) is 0 Å². The van der Waals surface area contributed by atoms with Crippen LogP contribution in [0.1, 0.15) is 39.0 Å². The summed E-state index contributed by atoms with van der Waals surface area (Å²) in [7, 11) is 0. The van der Waals surface area contributed by atoms with Crippen LogP contribution in [0.25, 0.3) is 0 Å². The molecule has 5 atom stereocenters. The molecule has 11 heavy (non-hydrogen) atoms. The van der Waals surface area contributed by atoms with Crippen LogP contribution in [0.4, 0.5) is 0 Å². The van der Waals surface area contributed by atoms with Gasteiger partial charge in [0.2, 0.25) is 0 Å². The van der Waals surface area contributed by atoms with Crippen LogP contribution >= 0.6 is 0 Å². The Bertz CT molecular complexity index is 236. The summed E-state index contributed by atoms with van der Waals surface area (Å²) in [6.45, 7) is 2.57. The average molecular weight is 148 g/mol. The lowest BCUT2D eigenvalue weighted by Gasteiger charge is -2.45. The second-order valence-corrected chi connectivity index (χ2v) is 5.71. The minimum atomic E-state index is 0.892. The molecule has 5 aliphatic carbocycles. The highest BCUT2D eigenvalue weighted by Gasteiger charge is 2.87. The van der Waals surface area contributed by atoms with E-state index in [9.17, 15) is 0 Å². The van der Waals surface area contributed by atoms with E-state index in [0.717, 1.165) is 10.8 Å². The summed E-state index contributed by atoms with van der Waals surface area (Å²) in [4.78, 5) is 0. The molecule has 5 unspecified atom stereocenters. The van der Waals surface area contributed by atoms with Gasteiger partial charge in [-0.05, 0) is 54.3 Å². The van der Waals surface area contributed by atoms with Crippen molar-refractivity contribution in [2.75, 3.05) is 0 Å². The quantitative estimate of drug-likeness (QED) is 0.495. The lowest BCUT2D eigenvalue weighted by molar-refractivity contribution is 0.0205.